The molecule has 2 aromatic rings. The van der Waals surface area contributed by atoms with E-state index in [1.807, 2.05) is 6.92 Å². The van der Waals surface area contributed by atoms with Crippen molar-refractivity contribution in [3.8, 4) is 0 Å². The van der Waals surface area contributed by atoms with Crippen LogP contribution >= 0.6 is 11.3 Å². The Morgan fingerprint density at radius 2 is 2.29 bits per heavy atom. The van der Waals surface area contributed by atoms with E-state index in [2.05, 4.69) is 4.98 Å². The fourth-order valence-corrected chi connectivity index (χ4v) is 5.23. The van der Waals surface area contributed by atoms with Crippen molar-refractivity contribution in [1.29, 1.82) is 0 Å². The highest BCUT2D eigenvalue weighted by Crippen LogP contribution is 2.31. The van der Waals surface area contributed by atoms with Crippen LogP contribution in [-0.4, -0.2) is 47.9 Å². The van der Waals surface area contributed by atoms with E-state index >= 15 is 0 Å². The van der Waals surface area contributed by atoms with Crippen LogP contribution in [0.4, 0.5) is 5.82 Å². The van der Waals surface area contributed by atoms with Gasteiger partial charge < -0.3 is 10.5 Å². The van der Waals surface area contributed by atoms with Crippen LogP contribution in [0.2, 0.25) is 0 Å². The minimum atomic E-state index is -3.69. The van der Waals surface area contributed by atoms with E-state index in [9.17, 15) is 8.42 Å². The number of ether oxygens (including phenoxy) is 1. The Balaban J connectivity index is 2.04. The van der Waals surface area contributed by atoms with Crippen LogP contribution in [0.25, 0.3) is 4.96 Å². The molecule has 0 saturated carbocycles. The van der Waals surface area contributed by atoms with Crippen LogP contribution in [0.1, 0.15) is 19.8 Å². The molecule has 1 fully saturated rings. The number of aromatic nitrogens is 2. The summed E-state index contributed by atoms with van der Waals surface area (Å²) in [6, 6.07) is 0. The molecule has 7 nitrogen and oxygen atoms in total. The molecule has 0 spiro atoms. The molecule has 21 heavy (non-hydrogen) atoms. The van der Waals surface area contributed by atoms with Crippen LogP contribution in [-0.2, 0) is 14.8 Å². The summed E-state index contributed by atoms with van der Waals surface area (Å²) in [6.07, 6.45) is 3.27. The number of nitrogens with zero attached hydrogens (tertiary/aromatic N) is 3. The second-order valence-corrected chi connectivity index (χ2v) is 8.18. The van der Waals surface area contributed by atoms with Crippen LogP contribution in [0, 0.1) is 0 Å². The molecule has 1 aliphatic rings. The van der Waals surface area contributed by atoms with Crippen molar-refractivity contribution in [3.05, 3.63) is 11.6 Å². The molecule has 0 aliphatic carbocycles. The van der Waals surface area contributed by atoms with E-state index in [0.29, 0.717) is 18.1 Å². The Hall–Kier alpha value is -1.16. The molecule has 0 aromatic carbocycles. The van der Waals surface area contributed by atoms with Gasteiger partial charge >= 0.3 is 0 Å². The molecule has 0 bridgehead atoms. The SMILES string of the molecule is COC1(C)CCCN(S(=O)(=O)c2c(N)nc3sccn23)C1. The summed E-state index contributed by atoms with van der Waals surface area (Å²) in [5, 5.41) is 1.84. The molecule has 116 valence electrons. The summed E-state index contributed by atoms with van der Waals surface area (Å²) in [6.45, 7) is 2.72. The van der Waals surface area contributed by atoms with Gasteiger partial charge in [0.25, 0.3) is 10.0 Å². The Morgan fingerprint density at radius 1 is 1.52 bits per heavy atom. The highest BCUT2D eigenvalue weighted by Gasteiger charge is 2.39. The molecule has 1 unspecified atom stereocenters. The van der Waals surface area contributed by atoms with Gasteiger partial charge in [-0.15, -0.1) is 11.3 Å². The summed E-state index contributed by atoms with van der Waals surface area (Å²) >= 11 is 1.35. The Bertz CT molecular complexity index is 767. The minimum Gasteiger partial charge on any atom is -0.381 e. The number of thiazole rings is 1. The van der Waals surface area contributed by atoms with Crippen LogP contribution in [0.15, 0.2) is 16.6 Å². The average Bonchev–Trinajstić information content (AvgIpc) is 2.98. The van der Waals surface area contributed by atoms with E-state index in [0.717, 1.165) is 12.8 Å². The third-order valence-corrected chi connectivity index (χ3v) is 6.59. The maximum absolute atomic E-state index is 12.9. The van der Waals surface area contributed by atoms with Gasteiger partial charge in [0.1, 0.15) is 0 Å². The molecule has 2 N–H and O–H groups in total. The number of methoxy groups -OCH3 is 1. The normalized spacial score (nSPS) is 24.7. The van der Waals surface area contributed by atoms with Gasteiger partial charge in [-0.1, -0.05) is 0 Å². The minimum absolute atomic E-state index is 0.0477. The van der Waals surface area contributed by atoms with Crippen molar-refractivity contribution in [3.63, 3.8) is 0 Å². The van der Waals surface area contributed by atoms with Gasteiger partial charge in [-0.05, 0) is 19.8 Å². The Kier molecular flexibility index (Phi) is 3.47. The first-order chi connectivity index (χ1) is 9.87. The third kappa shape index (κ3) is 2.33. The van der Waals surface area contributed by atoms with Gasteiger partial charge in [-0.2, -0.15) is 4.31 Å². The van der Waals surface area contributed by atoms with E-state index in [-0.39, 0.29) is 10.8 Å². The van der Waals surface area contributed by atoms with E-state index < -0.39 is 15.6 Å². The maximum Gasteiger partial charge on any atom is 0.262 e. The van der Waals surface area contributed by atoms with E-state index in [4.69, 9.17) is 10.5 Å². The fourth-order valence-electron chi connectivity index (χ4n) is 2.69. The molecular formula is C12H18N4O3S2. The monoisotopic (exact) mass is 330 g/mol. The molecule has 1 atom stereocenters. The number of hydrogen-bond donors (Lipinski definition) is 1. The molecule has 2 aromatic heterocycles. The van der Waals surface area contributed by atoms with Crippen molar-refractivity contribution in [2.45, 2.75) is 30.4 Å². The number of rotatable bonds is 3. The molecule has 9 heteroatoms. The molecule has 0 amide bonds. The number of fused-ring (bicyclic) bond motifs is 1. The lowest BCUT2D eigenvalue weighted by atomic mass is 9.96. The third-order valence-electron chi connectivity index (χ3n) is 3.94. The van der Waals surface area contributed by atoms with Crippen molar-refractivity contribution >= 4 is 32.1 Å². The predicted molar refractivity (Wildman–Crippen MR) is 80.9 cm³/mol. The van der Waals surface area contributed by atoms with Crippen molar-refractivity contribution in [2.75, 3.05) is 25.9 Å². The Morgan fingerprint density at radius 3 is 3.00 bits per heavy atom. The number of nitrogen functional groups attached to an aromatic ring is 1. The molecular weight excluding hydrogens is 312 g/mol. The van der Waals surface area contributed by atoms with Crippen molar-refractivity contribution in [2.24, 2.45) is 0 Å². The van der Waals surface area contributed by atoms with Gasteiger partial charge in [-0.25, -0.2) is 13.4 Å². The van der Waals surface area contributed by atoms with Gasteiger partial charge in [0.15, 0.2) is 15.8 Å². The Labute approximate surface area is 127 Å². The summed E-state index contributed by atoms with van der Waals surface area (Å²) in [5.74, 6) is 0.0477. The number of imidazole rings is 1. The zero-order chi connectivity index (χ0) is 15.3. The van der Waals surface area contributed by atoms with Crippen LogP contribution in [0.3, 0.4) is 0 Å². The summed E-state index contributed by atoms with van der Waals surface area (Å²) in [5.41, 5.74) is 5.37. The lowest BCUT2D eigenvalue weighted by molar-refractivity contribution is -0.0319. The standard InChI is InChI=1S/C12H18N4O3S2/c1-12(19-2)4-3-5-15(8-12)21(17,18)10-9(13)14-11-16(10)6-7-20-11/h6-7H,3-5,8,13H2,1-2H3. The first-order valence-corrected chi connectivity index (χ1v) is 8.96. The number of anilines is 1. The molecule has 1 saturated heterocycles. The van der Waals surface area contributed by atoms with E-state index in [1.54, 1.807) is 18.7 Å². The summed E-state index contributed by atoms with van der Waals surface area (Å²) < 4.78 is 34.3. The van der Waals surface area contributed by atoms with Crippen molar-refractivity contribution in [1.82, 2.24) is 13.7 Å². The highest BCUT2D eigenvalue weighted by atomic mass is 32.2. The quantitative estimate of drug-likeness (QED) is 0.912. The largest absolute Gasteiger partial charge is 0.381 e. The molecule has 3 rings (SSSR count). The zero-order valence-electron chi connectivity index (χ0n) is 11.9. The summed E-state index contributed by atoms with van der Waals surface area (Å²) in [7, 11) is -2.08. The topological polar surface area (TPSA) is 89.9 Å². The predicted octanol–water partition coefficient (Wildman–Crippen LogP) is 1.17. The first-order valence-electron chi connectivity index (χ1n) is 6.64. The van der Waals surface area contributed by atoms with Crippen LogP contribution in [0.5, 0.6) is 0 Å². The average molecular weight is 330 g/mol. The highest BCUT2D eigenvalue weighted by molar-refractivity contribution is 7.89. The number of piperidine rings is 1. The lowest BCUT2D eigenvalue weighted by Gasteiger charge is -2.38. The van der Waals surface area contributed by atoms with Crippen molar-refractivity contribution < 1.29 is 13.2 Å². The maximum atomic E-state index is 12.9. The number of nitrogens with two attached hydrogens (primary N) is 1. The zero-order valence-corrected chi connectivity index (χ0v) is 13.6. The van der Waals surface area contributed by atoms with E-state index in [1.165, 1.54) is 20.0 Å². The van der Waals surface area contributed by atoms with Gasteiger partial charge in [0.2, 0.25) is 0 Å². The summed E-state index contributed by atoms with van der Waals surface area (Å²) in [4.78, 5) is 4.69. The second-order valence-electron chi connectivity index (χ2n) is 5.45. The second kappa shape index (κ2) is 4.94. The molecule has 3 heterocycles. The fraction of sp³-hybridized carbons (Fsp3) is 0.583. The van der Waals surface area contributed by atoms with Gasteiger partial charge in [-0.3, -0.25) is 4.40 Å². The number of sulfonamides is 1. The van der Waals surface area contributed by atoms with Crippen LogP contribution < -0.4 is 5.73 Å². The number of hydrogen-bond acceptors (Lipinski definition) is 6. The lowest BCUT2D eigenvalue weighted by Crippen LogP contribution is -2.49. The molecule has 1 aliphatic heterocycles. The van der Waals surface area contributed by atoms with Gasteiger partial charge in [0, 0.05) is 31.8 Å². The smallest absolute Gasteiger partial charge is 0.262 e. The first kappa shape index (κ1) is 14.8. The van der Waals surface area contributed by atoms with Gasteiger partial charge in [0.05, 0.1) is 5.60 Å². The molecule has 0 radical (unpaired) electrons.